The topological polar surface area (TPSA) is 41.1 Å². The minimum atomic E-state index is -0.222. The smallest absolute Gasteiger partial charge is 0.242 e. The van der Waals surface area contributed by atoms with Crippen LogP contribution in [-0.2, 0) is 17.8 Å². The fourth-order valence-corrected chi connectivity index (χ4v) is 3.44. The minimum Gasteiger partial charge on any atom is -0.350 e. The van der Waals surface area contributed by atoms with Crippen LogP contribution in [0.2, 0.25) is 0 Å². The second-order valence-corrected chi connectivity index (χ2v) is 6.08. The summed E-state index contributed by atoms with van der Waals surface area (Å²) in [6.07, 6.45) is 0.990. The van der Waals surface area contributed by atoms with Gasteiger partial charge in [-0.1, -0.05) is 24.3 Å². The van der Waals surface area contributed by atoms with Crippen molar-refractivity contribution in [3.8, 4) is 0 Å². The highest BCUT2D eigenvalue weighted by Gasteiger charge is 2.25. The molecule has 104 valence electrons. The molecule has 0 aliphatic carbocycles. The Morgan fingerprint density at radius 1 is 1.40 bits per heavy atom. The monoisotopic (exact) mass is 286 g/mol. The van der Waals surface area contributed by atoms with Crippen molar-refractivity contribution >= 4 is 17.2 Å². The van der Waals surface area contributed by atoms with Gasteiger partial charge in [0, 0.05) is 11.4 Å². The number of hydrogen-bond acceptors (Lipinski definition) is 3. The lowest BCUT2D eigenvalue weighted by molar-refractivity contribution is -0.123. The van der Waals surface area contributed by atoms with Gasteiger partial charge in [-0.15, -0.1) is 11.3 Å². The maximum Gasteiger partial charge on any atom is 0.242 e. The van der Waals surface area contributed by atoms with Gasteiger partial charge in [-0.25, -0.2) is 0 Å². The van der Waals surface area contributed by atoms with Crippen molar-refractivity contribution in [1.82, 2.24) is 10.6 Å². The molecular weight excluding hydrogens is 268 g/mol. The van der Waals surface area contributed by atoms with Crippen LogP contribution < -0.4 is 10.6 Å². The van der Waals surface area contributed by atoms with Gasteiger partial charge in [0.2, 0.25) is 5.91 Å². The Kier molecular flexibility index (Phi) is 3.85. The first-order valence-corrected chi connectivity index (χ1v) is 7.75. The first-order chi connectivity index (χ1) is 9.75. The number of benzene rings is 1. The highest BCUT2D eigenvalue weighted by atomic mass is 32.1. The number of hydrogen-bond donors (Lipinski definition) is 2. The number of amides is 1. The highest BCUT2D eigenvalue weighted by molar-refractivity contribution is 7.10. The van der Waals surface area contributed by atoms with E-state index >= 15 is 0 Å². The van der Waals surface area contributed by atoms with Gasteiger partial charge in [0.15, 0.2) is 0 Å². The van der Waals surface area contributed by atoms with Crippen molar-refractivity contribution in [3.05, 3.63) is 57.3 Å². The summed E-state index contributed by atoms with van der Waals surface area (Å²) in [5.74, 6) is 0.0601. The lowest BCUT2D eigenvalue weighted by atomic mass is 9.94. The molecule has 2 heterocycles. The SMILES string of the molecule is Cc1ccsc1CNC(=O)C1NCCc2ccccc21. The van der Waals surface area contributed by atoms with E-state index in [9.17, 15) is 4.79 Å². The standard InChI is InChI=1S/C16H18N2OS/c1-11-7-9-20-14(11)10-18-16(19)15-13-5-3-2-4-12(13)6-8-17-15/h2-5,7,9,15,17H,6,8,10H2,1H3,(H,18,19). The summed E-state index contributed by atoms with van der Waals surface area (Å²) >= 11 is 1.69. The third kappa shape index (κ3) is 2.62. The summed E-state index contributed by atoms with van der Waals surface area (Å²) in [7, 11) is 0. The normalized spacial score (nSPS) is 17.6. The summed E-state index contributed by atoms with van der Waals surface area (Å²) in [5.41, 5.74) is 3.63. The first-order valence-electron chi connectivity index (χ1n) is 6.87. The Morgan fingerprint density at radius 3 is 3.05 bits per heavy atom. The van der Waals surface area contributed by atoms with Gasteiger partial charge < -0.3 is 10.6 Å². The molecule has 1 aliphatic heterocycles. The van der Waals surface area contributed by atoms with E-state index in [-0.39, 0.29) is 11.9 Å². The third-order valence-corrected chi connectivity index (χ3v) is 4.79. The maximum atomic E-state index is 12.4. The molecule has 4 heteroatoms. The molecule has 3 rings (SSSR count). The summed E-state index contributed by atoms with van der Waals surface area (Å²) in [6, 6.07) is 10.0. The number of fused-ring (bicyclic) bond motifs is 1. The summed E-state index contributed by atoms with van der Waals surface area (Å²) < 4.78 is 0. The van der Waals surface area contributed by atoms with Crippen LogP contribution in [0.5, 0.6) is 0 Å². The molecule has 1 amide bonds. The van der Waals surface area contributed by atoms with Crippen LogP contribution in [0.15, 0.2) is 35.7 Å². The summed E-state index contributed by atoms with van der Waals surface area (Å²) in [5, 5.41) is 8.42. The Balaban J connectivity index is 1.71. The average Bonchev–Trinajstić information content (AvgIpc) is 2.89. The summed E-state index contributed by atoms with van der Waals surface area (Å²) in [4.78, 5) is 13.6. The summed E-state index contributed by atoms with van der Waals surface area (Å²) in [6.45, 7) is 3.54. The van der Waals surface area contributed by atoms with Gasteiger partial charge in [-0.3, -0.25) is 4.79 Å². The zero-order valence-corrected chi connectivity index (χ0v) is 12.3. The molecule has 1 atom stereocenters. The number of rotatable bonds is 3. The van der Waals surface area contributed by atoms with E-state index in [0.29, 0.717) is 6.54 Å². The van der Waals surface area contributed by atoms with Crippen molar-refractivity contribution < 1.29 is 4.79 Å². The second-order valence-electron chi connectivity index (χ2n) is 5.08. The predicted octanol–water partition coefficient (Wildman–Crippen LogP) is 2.56. The molecule has 2 aromatic rings. The third-order valence-electron chi connectivity index (χ3n) is 3.76. The second kappa shape index (κ2) is 5.77. The lowest BCUT2D eigenvalue weighted by Gasteiger charge is -2.26. The van der Waals surface area contributed by atoms with Crippen LogP contribution in [0, 0.1) is 6.92 Å². The fourth-order valence-electron chi connectivity index (χ4n) is 2.59. The molecule has 0 bridgehead atoms. The van der Waals surface area contributed by atoms with Crippen molar-refractivity contribution in [2.45, 2.75) is 25.9 Å². The molecule has 2 N–H and O–H groups in total. The molecule has 0 saturated heterocycles. The maximum absolute atomic E-state index is 12.4. The van der Waals surface area contributed by atoms with Crippen LogP contribution in [0.1, 0.15) is 27.6 Å². The fraction of sp³-hybridized carbons (Fsp3) is 0.312. The van der Waals surface area contributed by atoms with Gasteiger partial charge in [0.25, 0.3) is 0 Å². The number of aryl methyl sites for hydroxylation is 1. The van der Waals surface area contributed by atoms with E-state index in [4.69, 9.17) is 0 Å². The molecule has 20 heavy (non-hydrogen) atoms. The molecule has 0 spiro atoms. The first kappa shape index (κ1) is 13.3. The molecule has 1 aliphatic rings. The Hall–Kier alpha value is -1.65. The van der Waals surface area contributed by atoms with Gasteiger partial charge >= 0.3 is 0 Å². The van der Waals surface area contributed by atoms with Crippen LogP contribution in [-0.4, -0.2) is 12.5 Å². The number of nitrogens with one attached hydrogen (secondary N) is 2. The van der Waals surface area contributed by atoms with Crippen LogP contribution in [0.4, 0.5) is 0 Å². The van der Waals surface area contributed by atoms with E-state index in [0.717, 1.165) is 18.5 Å². The largest absolute Gasteiger partial charge is 0.350 e. The molecule has 1 aromatic carbocycles. The van der Waals surface area contributed by atoms with Crippen LogP contribution in [0.25, 0.3) is 0 Å². The number of thiophene rings is 1. The average molecular weight is 286 g/mol. The number of carbonyl (C=O) groups is 1. The lowest BCUT2D eigenvalue weighted by Crippen LogP contribution is -2.41. The Bertz CT molecular complexity index is 620. The van der Waals surface area contributed by atoms with Crippen molar-refractivity contribution in [1.29, 1.82) is 0 Å². The van der Waals surface area contributed by atoms with E-state index in [1.807, 2.05) is 18.2 Å². The Morgan fingerprint density at radius 2 is 2.25 bits per heavy atom. The number of carbonyl (C=O) groups excluding carboxylic acids is 1. The molecule has 0 saturated carbocycles. The van der Waals surface area contributed by atoms with E-state index in [2.05, 4.69) is 35.1 Å². The van der Waals surface area contributed by atoms with Gasteiger partial charge in [0.05, 0.1) is 6.54 Å². The molecule has 0 fully saturated rings. The van der Waals surface area contributed by atoms with Gasteiger partial charge in [0.1, 0.15) is 6.04 Å². The van der Waals surface area contributed by atoms with Crippen LogP contribution in [0.3, 0.4) is 0 Å². The molecular formula is C16H18N2OS. The van der Waals surface area contributed by atoms with Crippen LogP contribution >= 0.6 is 11.3 Å². The van der Waals surface area contributed by atoms with Crippen molar-refractivity contribution in [2.24, 2.45) is 0 Å². The quantitative estimate of drug-likeness (QED) is 0.910. The van der Waals surface area contributed by atoms with E-state index in [1.54, 1.807) is 11.3 Å². The molecule has 1 aromatic heterocycles. The molecule has 3 nitrogen and oxygen atoms in total. The van der Waals surface area contributed by atoms with Gasteiger partial charge in [-0.2, -0.15) is 0 Å². The van der Waals surface area contributed by atoms with Crippen molar-refractivity contribution in [2.75, 3.05) is 6.54 Å². The van der Waals surface area contributed by atoms with E-state index in [1.165, 1.54) is 16.0 Å². The predicted molar refractivity (Wildman–Crippen MR) is 81.8 cm³/mol. The zero-order chi connectivity index (χ0) is 13.9. The van der Waals surface area contributed by atoms with Gasteiger partial charge in [-0.05, 0) is 41.5 Å². The van der Waals surface area contributed by atoms with Crippen molar-refractivity contribution in [3.63, 3.8) is 0 Å². The molecule has 1 unspecified atom stereocenters. The zero-order valence-electron chi connectivity index (χ0n) is 11.5. The minimum absolute atomic E-state index is 0.0601. The Labute approximate surface area is 123 Å². The molecule has 0 radical (unpaired) electrons. The highest BCUT2D eigenvalue weighted by Crippen LogP contribution is 2.23. The van der Waals surface area contributed by atoms with E-state index < -0.39 is 0 Å².